The van der Waals surface area contributed by atoms with Crippen LogP contribution in [0.4, 0.5) is 5.69 Å². The number of anilines is 1. The maximum Gasteiger partial charge on any atom is 0.246 e. The Bertz CT molecular complexity index is 1040. The van der Waals surface area contributed by atoms with E-state index in [2.05, 4.69) is 15.4 Å². The molecule has 8 heteroatoms. The third kappa shape index (κ3) is 4.78. The Morgan fingerprint density at radius 2 is 1.90 bits per heavy atom. The molecule has 0 aliphatic carbocycles. The van der Waals surface area contributed by atoms with E-state index in [1.807, 2.05) is 12.1 Å². The number of ether oxygens (including phenoxy) is 2. The Labute approximate surface area is 168 Å². The van der Waals surface area contributed by atoms with Gasteiger partial charge in [-0.2, -0.15) is 5.10 Å². The monoisotopic (exact) mass is 394 g/mol. The number of carbonyl (C=O) groups excluding carboxylic acids is 2. The fourth-order valence-corrected chi connectivity index (χ4v) is 3.00. The molecule has 29 heavy (non-hydrogen) atoms. The number of carbonyl (C=O) groups is 2. The number of benzene rings is 1. The highest BCUT2D eigenvalue weighted by molar-refractivity contribution is 5.96. The molecule has 3 aromatic rings. The molecule has 2 aromatic heterocycles. The molecule has 0 bridgehead atoms. The van der Waals surface area contributed by atoms with Gasteiger partial charge in [-0.05, 0) is 39.0 Å². The first-order valence-corrected chi connectivity index (χ1v) is 9.00. The number of nitrogens with one attached hydrogen (secondary N) is 1. The Morgan fingerprint density at radius 1 is 1.14 bits per heavy atom. The molecule has 1 N–H and O–H groups in total. The summed E-state index contributed by atoms with van der Waals surface area (Å²) >= 11 is 0. The Morgan fingerprint density at radius 3 is 2.52 bits per heavy atom. The zero-order valence-electron chi connectivity index (χ0n) is 16.7. The van der Waals surface area contributed by atoms with Crippen molar-refractivity contribution < 1.29 is 19.1 Å². The molecule has 0 unspecified atom stereocenters. The van der Waals surface area contributed by atoms with Gasteiger partial charge in [0.25, 0.3) is 0 Å². The second-order valence-electron chi connectivity index (χ2n) is 6.47. The highest BCUT2D eigenvalue weighted by Gasteiger charge is 2.17. The predicted octanol–water partition coefficient (Wildman–Crippen LogP) is 3.54. The van der Waals surface area contributed by atoms with E-state index in [1.54, 1.807) is 45.2 Å². The van der Waals surface area contributed by atoms with Crippen molar-refractivity contribution in [3.63, 3.8) is 0 Å². The highest BCUT2D eigenvalue weighted by atomic mass is 16.5. The third-order valence-electron chi connectivity index (χ3n) is 4.31. The summed E-state index contributed by atoms with van der Waals surface area (Å²) < 4.78 is 12.4. The topological polar surface area (TPSA) is 95.3 Å². The van der Waals surface area contributed by atoms with E-state index >= 15 is 0 Å². The Kier molecular flexibility index (Phi) is 5.92. The molecule has 0 aliphatic rings. The smallest absolute Gasteiger partial charge is 0.246 e. The molecule has 1 amide bonds. The quantitative estimate of drug-likeness (QED) is 0.616. The molecular formula is C21H22N4O4. The fourth-order valence-electron chi connectivity index (χ4n) is 3.00. The summed E-state index contributed by atoms with van der Waals surface area (Å²) in [5.74, 6) is 1.33. The summed E-state index contributed by atoms with van der Waals surface area (Å²) in [6.45, 7) is 5.02. The van der Waals surface area contributed by atoms with Crippen molar-refractivity contribution in [3.05, 3.63) is 59.5 Å². The molecule has 0 spiro atoms. The molecule has 8 nitrogen and oxygen atoms in total. The van der Waals surface area contributed by atoms with Gasteiger partial charge in [0.05, 0.1) is 30.3 Å². The minimum absolute atomic E-state index is 0.00200. The van der Waals surface area contributed by atoms with Crippen LogP contribution < -0.4 is 14.8 Å². The minimum atomic E-state index is -0.269. The molecule has 2 heterocycles. The molecule has 0 aliphatic heterocycles. The summed E-state index contributed by atoms with van der Waals surface area (Å²) in [6.07, 6.45) is 1.51. The van der Waals surface area contributed by atoms with Crippen LogP contribution in [0.25, 0.3) is 0 Å². The van der Waals surface area contributed by atoms with Crippen molar-refractivity contribution in [2.75, 3.05) is 12.4 Å². The summed E-state index contributed by atoms with van der Waals surface area (Å²) in [5, 5.41) is 7.04. The molecule has 3 rings (SSSR count). The molecular weight excluding hydrogens is 372 g/mol. The lowest BCUT2D eigenvalue weighted by atomic mass is 10.1. The normalized spacial score (nSPS) is 10.5. The van der Waals surface area contributed by atoms with Crippen LogP contribution in [0.5, 0.6) is 17.4 Å². The number of hydrogen-bond donors (Lipinski definition) is 1. The number of aryl methyl sites for hydroxylation is 1. The zero-order chi connectivity index (χ0) is 21.0. The van der Waals surface area contributed by atoms with Crippen molar-refractivity contribution in [2.24, 2.45) is 0 Å². The Balaban J connectivity index is 1.63. The van der Waals surface area contributed by atoms with E-state index in [0.717, 1.165) is 0 Å². The lowest BCUT2D eigenvalue weighted by Gasteiger charge is -2.09. The van der Waals surface area contributed by atoms with Crippen molar-refractivity contribution in [1.29, 1.82) is 0 Å². The third-order valence-corrected chi connectivity index (χ3v) is 4.31. The van der Waals surface area contributed by atoms with Crippen LogP contribution in [-0.4, -0.2) is 33.6 Å². The number of rotatable bonds is 7. The number of Topliss-reactive ketones (excluding diaryl/α,β-unsaturated/α-hetero) is 1. The van der Waals surface area contributed by atoms with Crippen LogP contribution in [0.3, 0.4) is 0 Å². The number of nitrogens with zero attached hydrogens (tertiary/aromatic N) is 3. The number of methoxy groups -OCH3 is 1. The molecule has 0 atom stereocenters. The fraction of sp³-hybridized carbons (Fsp3) is 0.238. The first kappa shape index (κ1) is 20.1. The van der Waals surface area contributed by atoms with Gasteiger partial charge < -0.3 is 14.8 Å². The van der Waals surface area contributed by atoms with Gasteiger partial charge in [0.1, 0.15) is 18.0 Å². The molecule has 0 radical (unpaired) electrons. The van der Waals surface area contributed by atoms with E-state index in [4.69, 9.17) is 9.47 Å². The van der Waals surface area contributed by atoms with Crippen LogP contribution in [0, 0.1) is 13.8 Å². The van der Waals surface area contributed by atoms with Gasteiger partial charge in [0.15, 0.2) is 5.78 Å². The van der Waals surface area contributed by atoms with E-state index in [-0.39, 0.29) is 18.2 Å². The molecule has 0 saturated heterocycles. The van der Waals surface area contributed by atoms with E-state index in [1.165, 1.54) is 17.8 Å². The zero-order valence-corrected chi connectivity index (χ0v) is 16.7. The SMILES string of the molecule is COc1cccc(Oc2ccc(NC(=O)Cn3nc(C)c(C(C)=O)c3C)cn2)c1. The van der Waals surface area contributed by atoms with Gasteiger partial charge in [0.2, 0.25) is 11.8 Å². The molecule has 0 fully saturated rings. The van der Waals surface area contributed by atoms with E-state index in [0.29, 0.717) is 40.0 Å². The number of ketones is 1. The van der Waals surface area contributed by atoms with Crippen molar-refractivity contribution in [1.82, 2.24) is 14.8 Å². The van der Waals surface area contributed by atoms with Gasteiger partial charge in [-0.15, -0.1) is 0 Å². The second kappa shape index (κ2) is 8.55. The Hall–Kier alpha value is -3.68. The van der Waals surface area contributed by atoms with E-state index in [9.17, 15) is 9.59 Å². The number of aromatic nitrogens is 3. The number of pyridine rings is 1. The highest BCUT2D eigenvalue weighted by Crippen LogP contribution is 2.24. The molecule has 150 valence electrons. The largest absolute Gasteiger partial charge is 0.497 e. The van der Waals surface area contributed by atoms with Gasteiger partial charge in [0, 0.05) is 17.8 Å². The van der Waals surface area contributed by atoms with Crippen molar-refractivity contribution in [3.8, 4) is 17.4 Å². The minimum Gasteiger partial charge on any atom is -0.497 e. The summed E-state index contributed by atoms with van der Waals surface area (Å²) in [7, 11) is 1.59. The maximum atomic E-state index is 12.3. The number of hydrogen-bond acceptors (Lipinski definition) is 6. The van der Waals surface area contributed by atoms with Gasteiger partial charge in [-0.1, -0.05) is 6.07 Å². The van der Waals surface area contributed by atoms with Crippen molar-refractivity contribution >= 4 is 17.4 Å². The van der Waals surface area contributed by atoms with Gasteiger partial charge >= 0.3 is 0 Å². The lowest BCUT2D eigenvalue weighted by molar-refractivity contribution is -0.116. The second-order valence-corrected chi connectivity index (χ2v) is 6.47. The molecule has 0 saturated carbocycles. The summed E-state index contributed by atoms with van der Waals surface area (Å²) in [6, 6.07) is 10.5. The lowest BCUT2D eigenvalue weighted by Crippen LogP contribution is -2.20. The standard InChI is InChI=1S/C21H22N4O4/c1-13-21(15(3)26)14(2)25(24-13)12-19(27)23-16-8-9-20(22-11-16)29-18-7-5-6-17(10-18)28-4/h5-11H,12H2,1-4H3,(H,23,27). The average molecular weight is 394 g/mol. The average Bonchev–Trinajstić information content (AvgIpc) is 2.96. The van der Waals surface area contributed by atoms with Crippen LogP contribution in [0.15, 0.2) is 42.6 Å². The van der Waals surface area contributed by atoms with E-state index < -0.39 is 0 Å². The first-order valence-electron chi connectivity index (χ1n) is 9.00. The maximum absolute atomic E-state index is 12.3. The summed E-state index contributed by atoms with van der Waals surface area (Å²) in [5.41, 5.74) is 2.37. The summed E-state index contributed by atoms with van der Waals surface area (Å²) in [4.78, 5) is 28.2. The van der Waals surface area contributed by atoms with Crippen LogP contribution >= 0.6 is 0 Å². The van der Waals surface area contributed by atoms with Crippen LogP contribution in [0.2, 0.25) is 0 Å². The van der Waals surface area contributed by atoms with Crippen molar-refractivity contribution in [2.45, 2.75) is 27.3 Å². The molecule has 1 aromatic carbocycles. The first-order chi connectivity index (χ1) is 13.9. The van der Waals surface area contributed by atoms with Crippen LogP contribution in [0.1, 0.15) is 28.7 Å². The predicted molar refractivity (Wildman–Crippen MR) is 108 cm³/mol. The van der Waals surface area contributed by atoms with Crippen LogP contribution in [-0.2, 0) is 11.3 Å². The number of amides is 1. The van der Waals surface area contributed by atoms with Gasteiger partial charge in [-0.3, -0.25) is 14.3 Å². The van der Waals surface area contributed by atoms with Gasteiger partial charge in [-0.25, -0.2) is 4.98 Å².